The Hall–Kier alpha value is -2.12. The number of hydrogen-bond acceptors (Lipinski definition) is 5. The number of fused-ring (bicyclic) bond motifs is 5. The van der Waals surface area contributed by atoms with Crippen LogP contribution in [0.3, 0.4) is 0 Å². The van der Waals surface area contributed by atoms with Crippen molar-refractivity contribution >= 4 is 64.0 Å². The third-order valence-corrected chi connectivity index (χ3v) is 22.1. The first-order chi connectivity index (χ1) is 26.3. The molecule has 2 aliphatic rings. The molecule has 0 amide bonds. The normalized spacial score (nSPS) is 17.1. The highest BCUT2D eigenvalue weighted by atomic mass is 32.1. The molecule has 1 aliphatic carbocycles. The zero-order valence-electron chi connectivity index (χ0n) is 34.3. The monoisotopic (exact) mass is 798 g/mol. The minimum Gasteiger partial charge on any atom is -0.289 e. The van der Waals surface area contributed by atoms with Crippen LogP contribution in [0.1, 0.15) is 187 Å². The average molecular weight is 799 g/mol. The van der Waals surface area contributed by atoms with E-state index in [9.17, 15) is 9.59 Å². The first-order valence-corrected chi connectivity index (χ1v) is 26.9. The first-order valence-electron chi connectivity index (χ1n) is 21.9. The number of ketones is 2. The van der Waals surface area contributed by atoms with Crippen molar-refractivity contribution < 1.29 is 9.59 Å². The van der Waals surface area contributed by atoms with E-state index in [0.29, 0.717) is 22.3 Å². The second-order valence-electron chi connectivity index (χ2n) is 16.6. The van der Waals surface area contributed by atoms with Gasteiger partial charge in [0.05, 0.1) is 10.4 Å². The molecule has 2 atom stereocenters. The molecule has 0 radical (unpaired) electrons. The summed E-state index contributed by atoms with van der Waals surface area (Å²) in [5.41, 5.74) is 5.17. The molecular weight excluding hydrogens is 733 g/mol. The summed E-state index contributed by atoms with van der Waals surface area (Å²) in [6.07, 6.45) is 21.9. The van der Waals surface area contributed by atoms with Gasteiger partial charge >= 0.3 is 0 Å². The summed E-state index contributed by atoms with van der Waals surface area (Å²) >= 11 is 5.49. The number of rotatable bonds is 23. The fraction of sp³-hybridized carbons (Fsp3) is 0.583. The maximum atomic E-state index is 14.7. The van der Waals surface area contributed by atoms with Gasteiger partial charge in [-0.25, -0.2) is 0 Å². The average Bonchev–Trinajstić information content (AvgIpc) is 3.98. The predicted octanol–water partition coefficient (Wildman–Crippen LogP) is 14.5. The van der Waals surface area contributed by atoms with Crippen molar-refractivity contribution in [2.24, 2.45) is 11.8 Å². The highest BCUT2D eigenvalue weighted by Crippen LogP contribution is 2.49. The number of carbonyl (C=O) groups excluding carboxylic acids is 2. The lowest BCUT2D eigenvalue weighted by Gasteiger charge is -2.35. The molecule has 6 rings (SSSR count). The molecule has 54 heavy (non-hydrogen) atoms. The highest BCUT2D eigenvalue weighted by molar-refractivity contribution is 7.31. The zero-order chi connectivity index (χ0) is 38.2. The van der Waals surface area contributed by atoms with Crippen molar-refractivity contribution in [1.29, 1.82) is 0 Å². The Bertz CT molecular complexity index is 1860. The lowest BCUT2D eigenvalue weighted by atomic mass is 9.81. The van der Waals surface area contributed by atoms with Crippen LogP contribution in [0.4, 0.5) is 0 Å². The van der Waals surface area contributed by atoms with Gasteiger partial charge in [-0.3, -0.25) is 9.59 Å². The van der Waals surface area contributed by atoms with Gasteiger partial charge in [-0.1, -0.05) is 138 Å². The number of carbonyl (C=O) groups is 2. The van der Waals surface area contributed by atoms with Crippen LogP contribution in [0.5, 0.6) is 0 Å². The van der Waals surface area contributed by atoms with Gasteiger partial charge in [0.25, 0.3) is 0 Å². The number of aryl methyl sites for hydroxylation is 2. The van der Waals surface area contributed by atoms with Crippen molar-refractivity contribution in [2.45, 2.75) is 169 Å². The fourth-order valence-electron chi connectivity index (χ4n) is 9.66. The van der Waals surface area contributed by atoms with Crippen LogP contribution < -0.4 is 10.4 Å². The van der Waals surface area contributed by atoms with Gasteiger partial charge < -0.3 is 0 Å². The topological polar surface area (TPSA) is 34.1 Å². The number of hydrogen-bond donors (Lipinski definition) is 0. The Morgan fingerprint density at radius 2 is 1.15 bits per heavy atom. The van der Waals surface area contributed by atoms with E-state index in [2.05, 4.69) is 71.2 Å². The Morgan fingerprint density at radius 3 is 1.70 bits per heavy atom. The van der Waals surface area contributed by atoms with Gasteiger partial charge in [-0.2, -0.15) is 0 Å². The summed E-state index contributed by atoms with van der Waals surface area (Å²) in [6.45, 7) is 14.0. The van der Waals surface area contributed by atoms with Crippen molar-refractivity contribution in [1.82, 2.24) is 0 Å². The Morgan fingerprint density at radius 1 is 0.574 bits per heavy atom. The predicted molar refractivity (Wildman–Crippen MR) is 241 cm³/mol. The van der Waals surface area contributed by atoms with E-state index in [1.54, 1.807) is 21.7 Å². The molecule has 2 unspecified atom stereocenters. The van der Waals surface area contributed by atoms with Crippen LogP contribution in [0.15, 0.2) is 35.0 Å². The molecule has 4 heterocycles. The van der Waals surface area contributed by atoms with Gasteiger partial charge in [-0.15, -0.1) is 34.0 Å². The van der Waals surface area contributed by atoms with Crippen LogP contribution in [-0.4, -0.2) is 19.6 Å². The van der Waals surface area contributed by atoms with Gasteiger partial charge in [0.2, 0.25) is 0 Å². The molecule has 0 bridgehead atoms. The summed E-state index contributed by atoms with van der Waals surface area (Å²) in [5.74, 6) is 1.61. The molecule has 0 N–H and O–H groups in total. The van der Waals surface area contributed by atoms with E-state index < -0.39 is 8.07 Å². The highest BCUT2D eigenvalue weighted by Gasteiger charge is 2.49. The van der Waals surface area contributed by atoms with Crippen molar-refractivity contribution in [3.05, 3.63) is 68.4 Å². The van der Waals surface area contributed by atoms with Crippen LogP contribution in [0.2, 0.25) is 12.1 Å². The second-order valence-corrected chi connectivity index (χ2v) is 23.5. The fourth-order valence-corrected chi connectivity index (χ4v) is 21.0. The molecule has 1 aromatic carbocycles. The molecule has 0 fully saturated rings. The summed E-state index contributed by atoms with van der Waals surface area (Å²) in [5, 5.41) is 7.72. The third-order valence-electron chi connectivity index (χ3n) is 12.9. The lowest BCUT2D eigenvalue weighted by Crippen LogP contribution is -2.56. The van der Waals surface area contributed by atoms with Crippen LogP contribution in [0, 0.1) is 11.8 Å². The van der Waals surface area contributed by atoms with E-state index in [1.165, 1.54) is 128 Å². The van der Waals surface area contributed by atoms with Crippen LogP contribution in [0.25, 0.3) is 19.5 Å². The number of benzene rings is 1. The summed E-state index contributed by atoms with van der Waals surface area (Å²) in [6, 6.07) is 12.0. The third kappa shape index (κ3) is 8.43. The summed E-state index contributed by atoms with van der Waals surface area (Å²) in [4.78, 5) is 34.3. The standard InChI is InChI=1S/C48H66O2S3Si/c1-7-13-17-19-23-35-27-37-38(28-36(35)24-20-18-14-8-2)45(50)43-39(44(37)49)30-52-46(43)40-29-42-48(53-40)47-41(25-26-51-47)54(42,31-33(11-5)21-15-9-3)32-34(12-6)22-16-10-4/h25-30,33-34H,7-24,31-32H2,1-6H3. The molecule has 1 aliphatic heterocycles. The van der Waals surface area contributed by atoms with Gasteiger partial charge in [0.15, 0.2) is 11.6 Å². The molecule has 0 saturated heterocycles. The van der Waals surface area contributed by atoms with Gasteiger partial charge in [-0.05, 0) is 94.7 Å². The molecule has 2 nitrogen and oxygen atoms in total. The molecule has 6 heteroatoms. The maximum Gasteiger partial charge on any atom is 0.196 e. The molecule has 3 aromatic heterocycles. The molecular formula is C48H66O2S3Si. The second kappa shape index (κ2) is 19.3. The van der Waals surface area contributed by atoms with Gasteiger partial charge in [0.1, 0.15) is 8.07 Å². The number of thiophene rings is 3. The summed E-state index contributed by atoms with van der Waals surface area (Å²) in [7, 11) is -2.08. The van der Waals surface area contributed by atoms with Crippen molar-refractivity contribution in [3.8, 4) is 19.5 Å². The van der Waals surface area contributed by atoms with E-state index in [4.69, 9.17) is 0 Å². The maximum absolute atomic E-state index is 14.7. The van der Waals surface area contributed by atoms with Crippen LogP contribution in [-0.2, 0) is 12.8 Å². The minimum atomic E-state index is -2.08. The van der Waals surface area contributed by atoms with Crippen molar-refractivity contribution in [3.63, 3.8) is 0 Å². The van der Waals surface area contributed by atoms with E-state index in [0.717, 1.165) is 42.4 Å². The quantitative estimate of drug-likeness (QED) is 0.0487. The largest absolute Gasteiger partial charge is 0.289 e. The van der Waals surface area contributed by atoms with E-state index in [-0.39, 0.29) is 11.6 Å². The van der Waals surface area contributed by atoms with E-state index in [1.807, 2.05) is 28.1 Å². The Labute approximate surface area is 340 Å². The SMILES string of the molecule is CCCCCCc1cc2c(cc1CCCCCC)C(=O)c1c(csc1-c1cc3c(s1)-c1sccc1[Si]3(CC(CC)CCCC)CC(CC)CCCC)C2=O. The van der Waals surface area contributed by atoms with Gasteiger partial charge in [0, 0.05) is 36.7 Å². The summed E-state index contributed by atoms with van der Waals surface area (Å²) < 4.78 is 0. The lowest BCUT2D eigenvalue weighted by molar-refractivity contribution is 0.0980. The van der Waals surface area contributed by atoms with E-state index >= 15 is 0 Å². The number of unbranched alkanes of at least 4 members (excludes halogenated alkanes) is 8. The zero-order valence-corrected chi connectivity index (χ0v) is 37.8. The first kappa shape index (κ1) is 41.5. The Balaban J connectivity index is 1.40. The van der Waals surface area contributed by atoms with Crippen molar-refractivity contribution in [2.75, 3.05) is 0 Å². The smallest absolute Gasteiger partial charge is 0.196 e. The Kier molecular flexibility index (Phi) is 14.9. The molecule has 0 saturated carbocycles. The molecule has 0 spiro atoms. The van der Waals surface area contributed by atoms with Crippen LogP contribution >= 0.6 is 34.0 Å². The molecule has 292 valence electrons. The molecule has 4 aromatic rings. The minimum absolute atomic E-state index is 0.0474.